The number of nitrogens with zero attached hydrogens (tertiary/aromatic N) is 1. The molecule has 1 rings (SSSR count). The molecule has 0 atom stereocenters. The molecule has 0 fully saturated rings. The highest BCUT2D eigenvalue weighted by molar-refractivity contribution is 7.86. The van der Waals surface area contributed by atoms with Gasteiger partial charge in [-0.1, -0.05) is 0 Å². The molecule has 1 aromatic rings. The summed E-state index contributed by atoms with van der Waals surface area (Å²) in [5.74, 6) is -2.10. The van der Waals surface area contributed by atoms with Gasteiger partial charge < -0.3 is 0 Å². The van der Waals surface area contributed by atoms with Gasteiger partial charge >= 0.3 is 5.97 Å². The van der Waals surface area contributed by atoms with Gasteiger partial charge in [0.05, 0.1) is 0 Å². The maximum Gasteiger partial charge on any atom is 0.397 e. The van der Waals surface area contributed by atoms with Gasteiger partial charge in [0.2, 0.25) is 11.4 Å². The van der Waals surface area contributed by atoms with Gasteiger partial charge in [0.15, 0.2) is 5.75 Å². The Morgan fingerprint density at radius 1 is 1.29 bits per heavy atom. The van der Waals surface area contributed by atoms with E-state index in [2.05, 4.69) is 0 Å². The predicted molar refractivity (Wildman–Crippen MR) is 58.9 cm³/mol. The molecule has 1 aromatic heterocycles. The van der Waals surface area contributed by atoms with E-state index in [4.69, 9.17) is 9.39 Å². The molecule has 0 unspecified atom stereocenters. The van der Waals surface area contributed by atoms with Gasteiger partial charge in [0.25, 0.3) is 10.1 Å². The Kier molecular flexibility index (Phi) is 3.84. The van der Waals surface area contributed by atoms with E-state index in [0.29, 0.717) is 11.4 Å². The zero-order chi connectivity index (χ0) is 13.2. The van der Waals surface area contributed by atoms with Crippen molar-refractivity contribution in [3.8, 4) is 0 Å². The molecular formula is C10H14NO5S+. The van der Waals surface area contributed by atoms with Crippen LogP contribution in [0.4, 0.5) is 0 Å². The molecule has 0 aromatic carbocycles. The van der Waals surface area contributed by atoms with Gasteiger partial charge in [-0.2, -0.15) is 13.3 Å². The topological polar surface area (TPSA) is 84.5 Å². The summed E-state index contributed by atoms with van der Waals surface area (Å²) in [6.07, 6.45) is 0. The summed E-state index contributed by atoms with van der Waals surface area (Å²) < 4.78 is 30.7. The van der Waals surface area contributed by atoms with Crippen molar-refractivity contribution in [1.82, 2.24) is 0 Å². The molecule has 0 saturated carbocycles. The summed E-state index contributed by atoms with van der Waals surface area (Å²) in [5, 5.41) is 0. The van der Waals surface area contributed by atoms with Crippen LogP contribution in [0, 0.1) is 20.8 Å². The lowest BCUT2D eigenvalue weighted by Gasteiger charge is -2.02. The van der Waals surface area contributed by atoms with Gasteiger partial charge in [-0.3, -0.25) is 4.55 Å². The van der Waals surface area contributed by atoms with Crippen LogP contribution in [0.5, 0.6) is 0 Å². The van der Waals surface area contributed by atoms with E-state index in [-0.39, 0.29) is 0 Å². The minimum absolute atomic E-state index is 0.659. The molecule has 6 nitrogen and oxygen atoms in total. The number of hydrogen-bond acceptors (Lipinski definition) is 4. The Morgan fingerprint density at radius 2 is 1.76 bits per heavy atom. The first kappa shape index (κ1) is 13.6. The monoisotopic (exact) mass is 260 g/mol. The van der Waals surface area contributed by atoms with Gasteiger partial charge in [0, 0.05) is 30.7 Å². The van der Waals surface area contributed by atoms with E-state index in [9.17, 15) is 13.2 Å². The molecule has 0 bridgehead atoms. The summed E-state index contributed by atoms with van der Waals surface area (Å²) in [6, 6.07) is 3.57. The number of carbonyl (C=O) groups excluding carboxylic acids is 1. The van der Waals surface area contributed by atoms with Crippen LogP contribution in [0.3, 0.4) is 0 Å². The summed E-state index contributed by atoms with van der Waals surface area (Å²) in [7, 11) is -4.37. The SMILES string of the molecule is Cc1cc(C)[n+](OC(=O)CS(=O)(=O)O)c(C)c1. The number of carbonyl (C=O) groups is 1. The van der Waals surface area contributed by atoms with Crippen LogP contribution < -0.4 is 9.57 Å². The Balaban J connectivity index is 2.93. The first-order valence-electron chi connectivity index (χ1n) is 4.85. The van der Waals surface area contributed by atoms with Crippen molar-refractivity contribution in [2.45, 2.75) is 20.8 Å². The highest BCUT2D eigenvalue weighted by Gasteiger charge is 2.22. The molecule has 0 aliphatic heterocycles. The molecule has 0 aliphatic rings. The third kappa shape index (κ3) is 4.12. The van der Waals surface area contributed by atoms with Crippen LogP contribution in [-0.2, 0) is 14.9 Å². The minimum Gasteiger partial charge on any atom is -0.285 e. The third-order valence-corrected chi connectivity index (χ3v) is 2.61. The predicted octanol–water partition coefficient (Wildman–Crippen LogP) is -0.258. The molecule has 0 saturated heterocycles. The van der Waals surface area contributed by atoms with E-state index < -0.39 is 21.8 Å². The molecule has 94 valence electrons. The van der Waals surface area contributed by atoms with Crippen molar-refractivity contribution >= 4 is 16.1 Å². The fourth-order valence-electron chi connectivity index (χ4n) is 1.52. The fourth-order valence-corrected chi connectivity index (χ4v) is 1.87. The lowest BCUT2D eigenvalue weighted by molar-refractivity contribution is -0.877. The molecular weight excluding hydrogens is 246 g/mol. The highest BCUT2D eigenvalue weighted by Crippen LogP contribution is 2.00. The number of hydrogen-bond donors (Lipinski definition) is 1. The average Bonchev–Trinajstić information content (AvgIpc) is 2.08. The number of rotatable bonds is 3. The van der Waals surface area contributed by atoms with E-state index in [1.54, 1.807) is 26.0 Å². The van der Waals surface area contributed by atoms with Crippen molar-refractivity contribution < 1.29 is 27.3 Å². The summed E-state index contributed by atoms with van der Waals surface area (Å²) in [5.41, 5.74) is 2.32. The first-order chi connectivity index (χ1) is 7.69. The number of pyridine rings is 1. The van der Waals surface area contributed by atoms with Gasteiger partial charge in [-0.15, -0.1) is 0 Å². The molecule has 0 amide bonds. The van der Waals surface area contributed by atoms with Crippen LogP contribution in [0.15, 0.2) is 12.1 Å². The van der Waals surface area contributed by atoms with Gasteiger partial charge in [-0.05, 0) is 12.5 Å². The third-order valence-electron chi connectivity index (χ3n) is 2.01. The molecule has 0 radical (unpaired) electrons. The van der Waals surface area contributed by atoms with Gasteiger partial charge in [-0.25, -0.2) is 4.79 Å². The zero-order valence-electron chi connectivity index (χ0n) is 9.80. The maximum atomic E-state index is 11.2. The van der Waals surface area contributed by atoms with Crippen LogP contribution in [0.2, 0.25) is 0 Å². The minimum atomic E-state index is -4.37. The fraction of sp³-hybridized carbons (Fsp3) is 0.400. The van der Waals surface area contributed by atoms with Crippen molar-refractivity contribution in [1.29, 1.82) is 0 Å². The number of aromatic nitrogens is 1. The second kappa shape index (κ2) is 4.80. The second-order valence-corrected chi connectivity index (χ2v) is 5.25. The summed E-state index contributed by atoms with van der Waals surface area (Å²) >= 11 is 0. The smallest absolute Gasteiger partial charge is 0.285 e. The van der Waals surface area contributed by atoms with E-state index in [1.165, 1.54) is 4.73 Å². The van der Waals surface area contributed by atoms with E-state index >= 15 is 0 Å². The highest BCUT2D eigenvalue weighted by atomic mass is 32.2. The Labute approximate surface area is 99.5 Å². The molecule has 1 heterocycles. The molecule has 17 heavy (non-hydrogen) atoms. The van der Waals surface area contributed by atoms with Crippen LogP contribution in [0.1, 0.15) is 17.0 Å². The summed E-state index contributed by atoms with van der Waals surface area (Å²) in [6.45, 7) is 5.34. The summed E-state index contributed by atoms with van der Waals surface area (Å²) in [4.78, 5) is 16.1. The van der Waals surface area contributed by atoms with Crippen LogP contribution in [0.25, 0.3) is 0 Å². The molecule has 0 aliphatic carbocycles. The first-order valence-corrected chi connectivity index (χ1v) is 6.46. The molecule has 7 heteroatoms. The quantitative estimate of drug-likeness (QED) is 0.598. The van der Waals surface area contributed by atoms with Crippen LogP contribution >= 0.6 is 0 Å². The standard InChI is InChI=1S/C10H13NO5S/c1-7-4-8(2)11(9(3)5-7)16-10(12)6-17(13,14)15/h4-5H,6H2,1-3H3/p+1. The Bertz CT molecular complexity index is 527. The van der Waals surface area contributed by atoms with E-state index in [1.807, 2.05) is 6.92 Å². The average molecular weight is 260 g/mol. The second-order valence-electron chi connectivity index (χ2n) is 3.80. The molecule has 1 N–H and O–H groups in total. The molecule has 0 spiro atoms. The van der Waals surface area contributed by atoms with Crippen molar-refractivity contribution in [3.05, 3.63) is 29.1 Å². The normalized spacial score (nSPS) is 11.3. The largest absolute Gasteiger partial charge is 0.397 e. The van der Waals surface area contributed by atoms with Crippen molar-refractivity contribution in [2.24, 2.45) is 0 Å². The number of aryl methyl sites for hydroxylation is 3. The van der Waals surface area contributed by atoms with Crippen molar-refractivity contribution in [3.63, 3.8) is 0 Å². The zero-order valence-corrected chi connectivity index (χ0v) is 10.6. The lowest BCUT2D eigenvalue weighted by atomic mass is 10.2. The lowest BCUT2D eigenvalue weighted by Crippen LogP contribution is -2.52. The van der Waals surface area contributed by atoms with Crippen LogP contribution in [-0.4, -0.2) is 24.7 Å². The Morgan fingerprint density at radius 3 is 2.18 bits per heavy atom. The maximum absolute atomic E-state index is 11.2. The van der Waals surface area contributed by atoms with E-state index in [0.717, 1.165) is 5.56 Å². The Hall–Kier alpha value is -1.47. The van der Waals surface area contributed by atoms with Crippen molar-refractivity contribution in [2.75, 3.05) is 5.75 Å². The van der Waals surface area contributed by atoms with Gasteiger partial charge in [0.1, 0.15) is 0 Å².